The maximum Gasteiger partial charge on any atom is 0.254 e. The van der Waals surface area contributed by atoms with Crippen LogP contribution in [0.25, 0.3) is 0 Å². The van der Waals surface area contributed by atoms with Crippen molar-refractivity contribution in [1.82, 2.24) is 4.90 Å². The fraction of sp³-hybridized carbons (Fsp3) is 0.409. The number of benzene rings is 2. The number of hydrogen-bond donors (Lipinski definition) is 0. The minimum absolute atomic E-state index is 0.000921. The number of likely N-dealkylation sites (tertiary alicyclic amines) is 1. The lowest BCUT2D eigenvalue weighted by atomic mass is 10.0. The van der Waals surface area contributed by atoms with E-state index < -0.39 is 0 Å². The molecule has 1 saturated heterocycles. The number of nitrogens with zero attached hydrogens (tertiary/aromatic N) is 1. The molecule has 0 spiro atoms. The van der Waals surface area contributed by atoms with Gasteiger partial charge in [-0.3, -0.25) is 4.79 Å². The first-order valence-electron chi connectivity index (χ1n) is 9.72. The van der Waals surface area contributed by atoms with E-state index in [1.165, 1.54) is 0 Å². The lowest BCUT2D eigenvalue weighted by molar-refractivity contribution is 0.0734. The Morgan fingerprint density at radius 1 is 1.11 bits per heavy atom. The van der Waals surface area contributed by atoms with Crippen molar-refractivity contribution in [2.45, 2.75) is 25.8 Å². The fourth-order valence-electron chi connectivity index (χ4n) is 3.87. The molecule has 2 aromatic carbocycles. The molecule has 0 saturated carbocycles. The maximum atomic E-state index is 13.2. The summed E-state index contributed by atoms with van der Waals surface area (Å²) in [6, 6.07) is 11.3. The van der Waals surface area contributed by atoms with Gasteiger partial charge in [-0.1, -0.05) is 6.07 Å². The molecule has 2 aliphatic heterocycles. The van der Waals surface area contributed by atoms with Gasteiger partial charge in [0, 0.05) is 12.1 Å². The van der Waals surface area contributed by atoms with Gasteiger partial charge in [-0.2, -0.15) is 0 Å². The number of carbonyl (C=O) groups is 1. The van der Waals surface area contributed by atoms with Crippen LogP contribution in [0.3, 0.4) is 0 Å². The summed E-state index contributed by atoms with van der Waals surface area (Å²) < 4.78 is 22.3. The van der Waals surface area contributed by atoms with E-state index in [4.69, 9.17) is 18.9 Å². The van der Waals surface area contributed by atoms with E-state index >= 15 is 0 Å². The van der Waals surface area contributed by atoms with Crippen LogP contribution in [0.5, 0.6) is 23.0 Å². The van der Waals surface area contributed by atoms with Gasteiger partial charge in [-0.15, -0.1) is 0 Å². The normalized spacial score (nSPS) is 18.1. The van der Waals surface area contributed by atoms with Gasteiger partial charge in [-0.05, 0) is 55.7 Å². The number of ether oxygens (including phenoxy) is 4. The molecule has 0 bridgehead atoms. The van der Waals surface area contributed by atoms with Crippen LogP contribution in [-0.2, 0) is 0 Å². The quantitative estimate of drug-likeness (QED) is 0.785. The molecule has 148 valence electrons. The van der Waals surface area contributed by atoms with Crippen LogP contribution >= 0.6 is 0 Å². The van der Waals surface area contributed by atoms with Crippen LogP contribution in [-0.4, -0.2) is 44.3 Å². The van der Waals surface area contributed by atoms with Gasteiger partial charge in [0.05, 0.1) is 19.8 Å². The Balaban J connectivity index is 1.59. The van der Waals surface area contributed by atoms with Crippen molar-refractivity contribution >= 4 is 5.91 Å². The lowest BCUT2D eigenvalue weighted by Crippen LogP contribution is -2.30. The molecule has 1 atom stereocenters. The minimum atomic E-state index is 0.000921. The molecule has 4 rings (SSSR count). The van der Waals surface area contributed by atoms with Crippen LogP contribution in [0.2, 0.25) is 0 Å². The summed E-state index contributed by atoms with van der Waals surface area (Å²) in [7, 11) is 1.59. The highest BCUT2D eigenvalue weighted by Gasteiger charge is 2.32. The van der Waals surface area contributed by atoms with Gasteiger partial charge in [0.1, 0.15) is 13.2 Å². The van der Waals surface area contributed by atoms with Gasteiger partial charge in [0.15, 0.2) is 23.0 Å². The number of carbonyl (C=O) groups excluding carboxylic acids is 1. The molecule has 1 unspecified atom stereocenters. The van der Waals surface area contributed by atoms with E-state index in [2.05, 4.69) is 0 Å². The lowest BCUT2D eigenvalue weighted by Gasteiger charge is -2.27. The van der Waals surface area contributed by atoms with Gasteiger partial charge in [-0.25, -0.2) is 0 Å². The molecule has 2 aliphatic rings. The third-order valence-electron chi connectivity index (χ3n) is 5.18. The number of hydrogen-bond acceptors (Lipinski definition) is 5. The van der Waals surface area contributed by atoms with Crippen LogP contribution in [0.4, 0.5) is 0 Å². The Bertz CT molecular complexity index is 866. The largest absolute Gasteiger partial charge is 0.493 e. The van der Waals surface area contributed by atoms with E-state index in [1.807, 2.05) is 30.0 Å². The van der Waals surface area contributed by atoms with Crippen molar-refractivity contribution in [1.29, 1.82) is 0 Å². The summed E-state index contributed by atoms with van der Waals surface area (Å²) in [4.78, 5) is 15.2. The van der Waals surface area contributed by atoms with Crippen LogP contribution in [0.1, 0.15) is 41.7 Å². The SMILES string of the molecule is CCOc1cc(C(=O)N2CCCC2c2ccc3c(c2)OCCO3)ccc1OC. The second kappa shape index (κ2) is 8.00. The van der Waals surface area contributed by atoms with Crippen LogP contribution in [0, 0.1) is 0 Å². The summed E-state index contributed by atoms with van der Waals surface area (Å²) in [5.74, 6) is 2.74. The first kappa shape index (κ1) is 18.5. The Hall–Kier alpha value is -2.89. The third kappa shape index (κ3) is 3.46. The molecule has 6 heteroatoms. The predicted molar refractivity (Wildman–Crippen MR) is 105 cm³/mol. The molecule has 1 fully saturated rings. The van der Waals surface area contributed by atoms with Crippen molar-refractivity contribution < 1.29 is 23.7 Å². The van der Waals surface area contributed by atoms with E-state index in [0.29, 0.717) is 36.9 Å². The second-order valence-electron chi connectivity index (χ2n) is 6.86. The Morgan fingerprint density at radius 2 is 1.93 bits per heavy atom. The zero-order valence-corrected chi connectivity index (χ0v) is 16.3. The molecule has 0 N–H and O–H groups in total. The average molecular weight is 383 g/mol. The molecule has 28 heavy (non-hydrogen) atoms. The molecule has 2 aromatic rings. The van der Waals surface area contributed by atoms with Crippen molar-refractivity contribution in [3.05, 3.63) is 47.5 Å². The highest BCUT2D eigenvalue weighted by atomic mass is 16.6. The van der Waals surface area contributed by atoms with Crippen molar-refractivity contribution in [2.24, 2.45) is 0 Å². The first-order valence-corrected chi connectivity index (χ1v) is 9.72. The predicted octanol–water partition coefficient (Wildman–Crippen LogP) is 3.84. The van der Waals surface area contributed by atoms with E-state index in [-0.39, 0.29) is 11.9 Å². The Morgan fingerprint density at radius 3 is 2.71 bits per heavy atom. The number of fused-ring (bicyclic) bond motifs is 1. The zero-order chi connectivity index (χ0) is 19.5. The number of methoxy groups -OCH3 is 1. The Labute approximate surface area is 165 Å². The molecular weight excluding hydrogens is 358 g/mol. The smallest absolute Gasteiger partial charge is 0.254 e. The summed E-state index contributed by atoms with van der Waals surface area (Å²) in [6.45, 7) is 4.27. The van der Waals surface area contributed by atoms with Crippen LogP contribution < -0.4 is 18.9 Å². The monoisotopic (exact) mass is 383 g/mol. The van der Waals surface area contributed by atoms with Gasteiger partial charge >= 0.3 is 0 Å². The average Bonchev–Trinajstić information content (AvgIpc) is 3.23. The molecular formula is C22H25NO5. The highest BCUT2D eigenvalue weighted by molar-refractivity contribution is 5.95. The Kier molecular flexibility index (Phi) is 5.28. The van der Waals surface area contributed by atoms with Crippen molar-refractivity contribution in [3.8, 4) is 23.0 Å². The van der Waals surface area contributed by atoms with E-state index in [9.17, 15) is 4.79 Å². The molecule has 1 amide bonds. The first-order chi connectivity index (χ1) is 13.7. The summed E-state index contributed by atoms with van der Waals surface area (Å²) >= 11 is 0. The molecule has 6 nitrogen and oxygen atoms in total. The standard InChI is InChI=1S/C22H25NO5/c1-3-26-20-14-16(7-8-18(20)25-2)22(24)23-10-4-5-17(23)15-6-9-19-21(13-15)28-12-11-27-19/h6-9,13-14,17H,3-5,10-12H2,1-2H3. The highest BCUT2D eigenvalue weighted by Crippen LogP contribution is 2.39. The maximum absolute atomic E-state index is 13.2. The van der Waals surface area contributed by atoms with Gasteiger partial charge < -0.3 is 23.8 Å². The minimum Gasteiger partial charge on any atom is -0.493 e. The third-order valence-corrected chi connectivity index (χ3v) is 5.18. The molecule has 2 heterocycles. The topological polar surface area (TPSA) is 57.2 Å². The van der Waals surface area contributed by atoms with Crippen LogP contribution in [0.15, 0.2) is 36.4 Å². The summed E-state index contributed by atoms with van der Waals surface area (Å²) in [5, 5.41) is 0. The molecule has 0 radical (unpaired) electrons. The number of amides is 1. The second-order valence-corrected chi connectivity index (χ2v) is 6.86. The van der Waals surface area contributed by atoms with Gasteiger partial charge in [0.25, 0.3) is 5.91 Å². The fourth-order valence-corrected chi connectivity index (χ4v) is 3.87. The summed E-state index contributed by atoms with van der Waals surface area (Å²) in [5.41, 5.74) is 1.68. The zero-order valence-electron chi connectivity index (χ0n) is 16.3. The van der Waals surface area contributed by atoms with E-state index in [0.717, 1.165) is 36.4 Å². The molecule has 0 aromatic heterocycles. The van der Waals surface area contributed by atoms with Crippen molar-refractivity contribution in [2.75, 3.05) is 33.5 Å². The summed E-state index contributed by atoms with van der Waals surface area (Å²) in [6.07, 6.45) is 1.90. The van der Waals surface area contributed by atoms with Gasteiger partial charge in [0.2, 0.25) is 0 Å². The van der Waals surface area contributed by atoms with E-state index in [1.54, 1.807) is 25.3 Å². The van der Waals surface area contributed by atoms with Crippen molar-refractivity contribution in [3.63, 3.8) is 0 Å². The number of rotatable bonds is 5. The molecule has 0 aliphatic carbocycles.